The van der Waals surface area contributed by atoms with Crippen LogP contribution in [-0.4, -0.2) is 15.9 Å². The van der Waals surface area contributed by atoms with Crippen molar-refractivity contribution >= 4 is 28.2 Å². The summed E-state index contributed by atoms with van der Waals surface area (Å²) in [7, 11) is 0. The van der Waals surface area contributed by atoms with Gasteiger partial charge in [0.15, 0.2) is 0 Å². The number of hydrogen-bond donors (Lipinski definition) is 2. The van der Waals surface area contributed by atoms with Gasteiger partial charge in [0.25, 0.3) is 5.91 Å². The van der Waals surface area contributed by atoms with Crippen LogP contribution >= 0.6 is 0 Å². The monoisotopic (exact) mass is 354 g/mol. The second-order valence-electron chi connectivity index (χ2n) is 6.12. The van der Waals surface area contributed by atoms with Gasteiger partial charge >= 0.3 is 0 Å². The van der Waals surface area contributed by atoms with Crippen molar-refractivity contribution in [3.8, 4) is 0 Å². The van der Waals surface area contributed by atoms with E-state index < -0.39 is 0 Å². The molecular formula is C22H18N4O. The van der Waals surface area contributed by atoms with Crippen LogP contribution in [0.3, 0.4) is 0 Å². The maximum absolute atomic E-state index is 12.8. The van der Waals surface area contributed by atoms with E-state index in [1.807, 2.05) is 54.6 Å². The Kier molecular flexibility index (Phi) is 4.74. The van der Waals surface area contributed by atoms with Crippen LogP contribution in [0.1, 0.15) is 15.9 Å². The highest BCUT2D eigenvalue weighted by Crippen LogP contribution is 2.21. The predicted octanol–water partition coefficient (Wildman–Crippen LogP) is 4.49. The van der Waals surface area contributed by atoms with Gasteiger partial charge in [-0.05, 0) is 52.7 Å². The minimum absolute atomic E-state index is 0.199. The first-order valence-electron chi connectivity index (χ1n) is 8.67. The van der Waals surface area contributed by atoms with Crippen LogP contribution in [0.25, 0.3) is 10.8 Å². The first-order valence-corrected chi connectivity index (χ1v) is 8.67. The Bertz CT molecular complexity index is 1080. The van der Waals surface area contributed by atoms with Crippen molar-refractivity contribution in [1.29, 1.82) is 0 Å². The molecule has 4 aromatic rings. The van der Waals surface area contributed by atoms with Crippen LogP contribution < -0.4 is 10.6 Å². The molecule has 1 amide bonds. The Morgan fingerprint density at radius 3 is 2.52 bits per heavy atom. The SMILES string of the molecule is O=C(Nc1ccc2ccccc2c1)c1cccnc1NCc1ccncc1. The van der Waals surface area contributed by atoms with Crippen molar-refractivity contribution in [2.75, 3.05) is 10.6 Å². The summed E-state index contributed by atoms with van der Waals surface area (Å²) in [5.41, 5.74) is 2.32. The van der Waals surface area contributed by atoms with Crippen LogP contribution in [0, 0.1) is 0 Å². The molecule has 0 aliphatic heterocycles. The fraction of sp³-hybridized carbons (Fsp3) is 0.0455. The van der Waals surface area contributed by atoms with E-state index in [2.05, 4.69) is 20.6 Å². The Balaban J connectivity index is 1.52. The number of anilines is 2. The number of hydrogen-bond acceptors (Lipinski definition) is 4. The van der Waals surface area contributed by atoms with Crippen molar-refractivity contribution < 1.29 is 4.79 Å². The molecule has 0 spiro atoms. The minimum atomic E-state index is -0.199. The van der Waals surface area contributed by atoms with Gasteiger partial charge < -0.3 is 10.6 Å². The van der Waals surface area contributed by atoms with Gasteiger partial charge in [-0.1, -0.05) is 30.3 Å². The summed E-state index contributed by atoms with van der Waals surface area (Å²) in [6, 6.07) is 21.3. The smallest absolute Gasteiger partial charge is 0.259 e. The number of amides is 1. The highest BCUT2D eigenvalue weighted by molar-refractivity contribution is 6.08. The van der Waals surface area contributed by atoms with Gasteiger partial charge in [0, 0.05) is 30.8 Å². The lowest BCUT2D eigenvalue weighted by atomic mass is 10.1. The van der Waals surface area contributed by atoms with E-state index in [9.17, 15) is 4.79 Å². The summed E-state index contributed by atoms with van der Waals surface area (Å²) < 4.78 is 0. The molecule has 2 aromatic heterocycles. The van der Waals surface area contributed by atoms with E-state index in [1.54, 1.807) is 30.7 Å². The minimum Gasteiger partial charge on any atom is -0.365 e. The summed E-state index contributed by atoms with van der Waals surface area (Å²) >= 11 is 0. The summed E-state index contributed by atoms with van der Waals surface area (Å²) in [4.78, 5) is 21.1. The standard InChI is InChI=1S/C22H18N4O/c27-22(26-19-8-7-17-4-1-2-5-18(17)14-19)20-6-3-11-24-21(20)25-15-16-9-12-23-13-10-16/h1-14H,15H2,(H,24,25)(H,26,27). The van der Waals surface area contributed by atoms with Crippen LogP contribution in [0.15, 0.2) is 85.3 Å². The van der Waals surface area contributed by atoms with Crippen molar-refractivity contribution in [3.05, 3.63) is 96.4 Å². The number of carbonyl (C=O) groups is 1. The van der Waals surface area contributed by atoms with E-state index in [0.717, 1.165) is 22.0 Å². The highest BCUT2D eigenvalue weighted by Gasteiger charge is 2.12. The number of carbonyl (C=O) groups excluding carboxylic acids is 1. The summed E-state index contributed by atoms with van der Waals surface area (Å²) in [5.74, 6) is 0.350. The van der Waals surface area contributed by atoms with Gasteiger partial charge in [-0.3, -0.25) is 9.78 Å². The topological polar surface area (TPSA) is 66.9 Å². The van der Waals surface area contributed by atoms with Crippen LogP contribution in [0.5, 0.6) is 0 Å². The molecule has 5 heteroatoms. The number of nitrogens with zero attached hydrogens (tertiary/aromatic N) is 2. The third-order valence-corrected chi connectivity index (χ3v) is 4.27. The van der Waals surface area contributed by atoms with Gasteiger partial charge in [-0.25, -0.2) is 4.98 Å². The molecule has 0 radical (unpaired) electrons. The lowest BCUT2D eigenvalue weighted by Crippen LogP contribution is -2.15. The molecule has 2 aromatic carbocycles. The van der Waals surface area contributed by atoms with E-state index in [-0.39, 0.29) is 5.91 Å². The Morgan fingerprint density at radius 1 is 0.852 bits per heavy atom. The van der Waals surface area contributed by atoms with Gasteiger partial charge in [-0.15, -0.1) is 0 Å². The zero-order valence-corrected chi connectivity index (χ0v) is 14.6. The fourth-order valence-electron chi connectivity index (χ4n) is 2.88. The normalized spacial score (nSPS) is 10.5. The highest BCUT2D eigenvalue weighted by atomic mass is 16.1. The maximum Gasteiger partial charge on any atom is 0.259 e. The van der Waals surface area contributed by atoms with Crippen molar-refractivity contribution in [2.24, 2.45) is 0 Å². The number of fused-ring (bicyclic) bond motifs is 1. The van der Waals surface area contributed by atoms with E-state index in [1.165, 1.54) is 0 Å². The van der Waals surface area contributed by atoms with Gasteiger partial charge in [0.05, 0.1) is 5.56 Å². The molecule has 0 saturated heterocycles. The molecule has 0 aliphatic carbocycles. The molecule has 2 N–H and O–H groups in total. The average molecular weight is 354 g/mol. The molecule has 0 unspecified atom stereocenters. The van der Waals surface area contributed by atoms with Crippen LogP contribution in [-0.2, 0) is 6.54 Å². The second kappa shape index (κ2) is 7.66. The van der Waals surface area contributed by atoms with Gasteiger partial charge in [0.1, 0.15) is 5.82 Å². The third kappa shape index (κ3) is 3.93. The molecule has 0 aliphatic rings. The molecule has 27 heavy (non-hydrogen) atoms. The maximum atomic E-state index is 12.8. The molecule has 2 heterocycles. The summed E-state index contributed by atoms with van der Waals surface area (Å²) in [6.07, 6.45) is 5.15. The van der Waals surface area contributed by atoms with Crippen LogP contribution in [0.2, 0.25) is 0 Å². The molecule has 4 rings (SSSR count). The van der Waals surface area contributed by atoms with E-state index in [4.69, 9.17) is 0 Å². The zero-order chi connectivity index (χ0) is 18.5. The largest absolute Gasteiger partial charge is 0.365 e. The lowest BCUT2D eigenvalue weighted by molar-refractivity contribution is 0.102. The Labute approximate surface area is 157 Å². The average Bonchev–Trinajstić information content (AvgIpc) is 2.73. The Morgan fingerprint density at radius 2 is 1.67 bits per heavy atom. The van der Waals surface area contributed by atoms with E-state index in [0.29, 0.717) is 17.9 Å². The fourth-order valence-corrected chi connectivity index (χ4v) is 2.88. The number of pyridine rings is 2. The Hall–Kier alpha value is -3.73. The molecule has 0 fully saturated rings. The van der Waals surface area contributed by atoms with Gasteiger partial charge in [0.2, 0.25) is 0 Å². The second-order valence-corrected chi connectivity index (χ2v) is 6.12. The number of nitrogens with one attached hydrogen (secondary N) is 2. The number of benzene rings is 2. The number of aromatic nitrogens is 2. The van der Waals surface area contributed by atoms with Crippen molar-refractivity contribution in [3.63, 3.8) is 0 Å². The van der Waals surface area contributed by atoms with Crippen LogP contribution in [0.4, 0.5) is 11.5 Å². The third-order valence-electron chi connectivity index (χ3n) is 4.27. The predicted molar refractivity (Wildman–Crippen MR) is 108 cm³/mol. The molecule has 0 atom stereocenters. The molecule has 0 bridgehead atoms. The molecule has 5 nitrogen and oxygen atoms in total. The van der Waals surface area contributed by atoms with Crippen molar-refractivity contribution in [2.45, 2.75) is 6.54 Å². The molecular weight excluding hydrogens is 336 g/mol. The zero-order valence-electron chi connectivity index (χ0n) is 14.6. The lowest BCUT2D eigenvalue weighted by Gasteiger charge is -2.11. The molecule has 0 saturated carbocycles. The number of rotatable bonds is 5. The molecule has 132 valence electrons. The van der Waals surface area contributed by atoms with Crippen molar-refractivity contribution in [1.82, 2.24) is 9.97 Å². The first-order chi connectivity index (χ1) is 13.3. The van der Waals surface area contributed by atoms with Gasteiger partial charge in [-0.2, -0.15) is 0 Å². The summed E-state index contributed by atoms with van der Waals surface area (Å²) in [5, 5.41) is 8.40. The quantitative estimate of drug-likeness (QED) is 0.554. The first kappa shape index (κ1) is 16.7. The van der Waals surface area contributed by atoms with E-state index >= 15 is 0 Å². The summed E-state index contributed by atoms with van der Waals surface area (Å²) in [6.45, 7) is 0.565.